The Morgan fingerprint density at radius 2 is 1.77 bits per heavy atom. The monoisotopic (exact) mass is 530 g/mol. The van der Waals surface area contributed by atoms with Crippen LogP contribution in [0.15, 0.2) is 48.5 Å². The maximum absolute atomic E-state index is 13.7. The first kappa shape index (κ1) is 27.0. The van der Waals surface area contributed by atoms with E-state index in [1.807, 2.05) is 45.0 Å². The van der Waals surface area contributed by atoms with Gasteiger partial charge in [0.05, 0.1) is 25.6 Å². The zero-order chi connectivity index (χ0) is 27.7. The zero-order valence-corrected chi connectivity index (χ0v) is 23.3. The molecular weight excluding hydrogens is 492 g/mol. The van der Waals surface area contributed by atoms with Crippen LogP contribution in [0, 0.1) is 5.92 Å². The number of carbonyl (C=O) groups excluding carboxylic acids is 3. The van der Waals surface area contributed by atoms with Gasteiger partial charge in [-0.15, -0.1) is 0 Å². The molecule has 0 saturated carbocycles. The van der Waals surface area contributed by atoms with Crippen molar-refractivity contribution in [2.75, 3.05) is 13.7 Å². The minimum absolute atomic E-state index is 0.0770. The van der Waals surface area contributed by atoms with Crippen molar-refractivity contribution in [2.45, 2.75) is 77.0 Å². The summed E-state index contributed by atoms with van der Waals surface area (Å²) in [5, 5.41) is 3.23. The fraction of sp³-hybridized carbons (Fsp3) is 0.469. The summed E-state index contributed by atoms with van der Waals surface area (Å²) < 4.78 is 10.6. The Bertz CT molecular complexity index is 1310. The van der Waals surface area contributed by atoms with E-state index in [1.165, 1.54) is 23.1 Å². The number of fused-ring (bicyclic) bond motifs is 2. The molecule has 0 aromatic heterocycles. The molecule has 3 atom stereocenters. The third-order valence-corrected chi connectivity index (χ3v) is 7.96. The molecule has 2 aromatic carbocycles. The van der Waals surface area contributed by atoms with Crippen molar-refractivity contribution in [3.63, 3.8) is 0 Å². The van der Waals surface area contributed by atoms with Gasteiger partial charge in [0.2, 0.25) is 5.91 Å². The molecule has 0 spiro atoms. The molecule has 3 aliphatic rings. The summed E-state index contributed by atoms with van der Waals surface area (Å²) in [6, 6.07) is 13.6. The van der Waals surface area contributed by atoms with Crippen LogP contribution in [0.25, 0.3) is 5.57 Å². The molecule has 1 aliphatic heterocycles. The lowest BCUT2D eigenvalue weighted by atomic mass is 9.82. The highest BCUT2D eigenvalue weighted by Crippen LogP contribution is 2.34. The number of esters is 1. The highest BCUT2D eigenvalue weighted by atomic mass is 16.6. The van der Waals surface area contributed by atoms with E-state index in [-0.39, 0.29) is 30.4 Å². The second kappa shape index (κ2) is 10.9. The van der Waals surface area contributed by atoms with E-state index >= 15 is 0 Å². The van der Waals surface area contributed by atoms with Gasteiger partial charge in [-0.2, -0.15) is 0 Å². The van der Waals surface area contributed by atoms with Crippen molar-refractivity contribution in [1.29, 1.82) is 0 Å². The summed E-state index contributed by atoms with van der Waals surface area (Å²) in [4.78, 5) is 40.5. The van der Waals surface area contributed by atoms with E-state index in [9.17, 15) is 14.4 Å². The van der Waals surface area contributed by atoms with Gasteiger partial charge in [-0.1, -0.05) is 42.5 Å². The first-order valence-corrected chi connectivity index (χ1v) is 13.9. The molecule has 2 aliphatic carbocycles. The van der Waals surface area contributed by atoms with Crippen LogP contribution in [0.1, 0.15) is 73.9 Å². The Balaban J connectivity index is 1.39. The highest BCUT2D eigenvalue weighted by Gasteiger charge is 2.38. The molecule has 2 amide bonds. The Morgan fingerprint density at radius 1 is 0.974 bits per heavy atom. The number of nitrogens with zero attached hydrogens (tertiary/aromatic N) is 1. The van der Waals surface area contributed by atoms with Crippen molar-refractivity contribution >= 4 is 23.5 Å². The summed E-state index contributed by atoms with van der Waals surface area (Å²) in [6.45, 7) is 5.77. The second-order valence-corrected chi connectivity index (χ2v) is 11.8. The number of amides is 2. The predicted molar refractivity (Wildman–Crippen MR) is 149 cm³/mol. The first-order chi connectivity index (χ1) is 18.6. The highest BCUT2D eigenvalue weighted by molar-refractivity contribution is 5.93. The minimum Gasteiger partial charge on any atom is -0.469 e. The number of methoxy groups -OCH3 is 1. The molecule has 1 heterocycles. The Labute approximate surface area is 230 Å². The van der Waals surface area contributed by atoms with E-state index in [1.54, 1.807) is 0 Å². The maximum atomic E-state index is 13.7. The van der Waals surface area contributed by atoms with Gasteiger partial charge in [0.15, 0.2) is 0 Å². The van der Waals surface area contributed by atoms with E-state index < -0.39 is 17.7 Å². The Morgan fingerprint density at radius 3 is 2.54 bits per heavy atom. The summed E-state index contributed by atoms with van der Waals surface area (Å²) in [7, 11) is 1.43. The van der Waals surface area contributed by atoms with Crippen LogP contribution in [0.5, 0.6) is 0 Å². The lowest BCUT2D eigenvalue weighted by Gasteiger charge is -2.31. The van der Waals surface area contributed by atoms with Crippen LogP contribution < -0.4 is 5.32 Å². The number of aryl methyl sites for hydroxylation is 2. The van der Waals surface area contributed by atoms with Crippen LogP contribution in [0.3, 0.4) is 0 Å². The molecule has 0 saturated heterocycles. The number of hydrogen-bond donors (Lipinski definition) is 1. The van der Waals surface area contributed by atoms with Crippen LogP contribution in [0.4, 0.5) is 4.79 Å². The lowest BCUT2D eigenvalue weighted by molar-refractivity contribution is -0.145. The van der Waals surface area contributed by atoms with Gasteiger partial charge >= 0.3 is 12.1 Å². The molecule has 7 heteroatoms. The fourth-order valence-corrected chi connectivity index (χ4v) is 6.00. The van der Waals surface area contributed by atoms with Gasteiger partial charge in [-0.05, 0) is 98.8 Å². The molecule has 1 unspecified atom stereocenters. The van der Waals surface area contributed by atoms with Crippen molar-refractivity contribution in [3.8, 4) is 0 Å². The lowest BCUT2D eigenvalue weighted by Crippen LogP contribution is -2.48. The Hall–Kier alpha value is -3.61. The summed E-state index contributed by atoms with van der Waals surface area (Å²) in [5.41, 5.74) is 6.00. The SMILES string of the molecule is COC(=O)[C@H]1CCc2cc(C3=C[C@@H](C(=O)NC4CCCc5ccccc54)N(C(=O)OC(C)(C)C)C3)ccc2C1. The van der Waals surface area contributed by atoms with Gasteiger partial charge in [0.25, 0.3) is 0 Å². The van der Waals surface area contributed by atoms with Crippen LogP contribution >= 0.6 is 0 Å². The smallest absolute Gasteiger partial charge is 0.411 e. The first-order valence-electron chi connectivity index (χ1n) is 13.9. The van der Waals surface area contributed by atoms with Crippen molar-refractivity contribution in [2.24, 2.45) is 5.92 Å². The average Bonchev–Trinajstić information content (AvgIpc) is 3.37. The quantitative estimate of drug-likeness (QED) is 0.552. The fourth-order valence-electron chi connectivity index (χ4n) is 6.00. The topological polar surface area (TPSA) is 84.9 Å². The molecular formula is C32H38N2O5. The third-order valence-electron chi connectivity index (χ3n) is 7.96. The van der Waals surface area contributed by atoms with Gasteiger partial charge in [0.1, 0.15) is 11.6 Å². The molecule has 0 bridgehead atoms. The van der Waals surface area contributed by atoms with Crippen molar-refractivity contribution in [3.05, 3.63) is 76.4 Å². The van der Waals surface area contributed by atoms with E-state index in [0.29, 0.717) is 6.42 Å². The van der Waals surface area contributed by atoms with Gasteiger partial charge in [-0.3, -0.25) is 14.5 Å². The number of rotatable bonds is 4. The number of benzene rings is 2. The minimum atomic E-state index is -0.760. The summed E-state index contributed by atoms with van der Waals surface area (Å²) >= 11 is 0. The molecule has 1 N–H and O–H groups in total. The molecule has 0 radical (unpaired) electrons. The summed E-state index contributed by atoms with van der Waals surface area (Å²) in [5.74, 6) is -0.471. The third kappa shape index (κ3) is 5.87. The molecule has 5 rings (SSSR count). The average molecular weight is 531 g/mol. The normalized spacial score (nSPS) is 22.3. The Kier molecular flexibility index (Phi) is 7.52. The van der Waals surface area contributed by atoms with Crippen LogP contribution in [-0.2, 0) is 38.3 Å². The number of carbonyl (C=O) groups is 3. The molecule has 0 fully saturated rings. The van der Waals surface area contributed by atoms with E-state index in [4.69, 9.17) is 9.47 Å². The zero-order valence-electron chi connectivity index (χ0n) is 23.3. The number of nitrogens with one attached hydrogen (secondary N) is 1. The predicted octanol–water partition coefficient (Wildman–Crippen LogP) is 5.16. The number of hydrogen-bond acceptors (Lipinski definition) is 5. The standard InChI is InChI=1S/C32H38N2O5/c1-32(2,3)39-31(37)34-19-25(23-13-12-22-17-24(30(36)38-4)15-14-21(22)16-23)18-28(34)29(35)33-27-11-7-9-20-8-5-6-10-26(20)27/h5-6,8,10,12-13,16,18,24,27-28H,7,9,11,14-15,17,19H2,1-4H3,(H,33,35)/t24-,27?,28-/m0/s1. The van der Waals surface area contributed by atoms with Gasteiger partial charge in [-0.25, -0.2) is 4.79 Å². The van der Waals surface area contributed by atoms with Gasteiger partial charge in [0, 0.05) is 0 Å². The second-order valence-electron chi connectivity index (χ2n) is 11.8. The molecule has 39 heavy (non-hydrogen) atoms. The molecule has 206 valence electrons. The van der Waals surface area contributed by atoms with Crippen LogP contribution in [-0.4, -0.2) is 48.2 Å². The molecule has 7 nitrogen and oxygen atoms in total. The maximum Gasteiger partial charge on any atom is 0.411 e. The largest absolute Gasteiger partial charge is 0.469 e. The van der Waals surface area contributed by atoms with E-state index in [0.717, 1.165) is 54.4 Å². The number of ether oxygens (including phenoxy) is 2. The van der Waals surface area contributed by atoms with E-state index in [2.05, 4.69) is 29.6 Å². The summed E-state index contributed by atoms with van der Waals surface area (Å²) in [6.07, 6.45) is 6.49. The van der Waals surface area contributed by atoms with Crippen LogP contribution in [0.2, 0.25) is 0 Å². The molecule has 2 aromatic rings. The van der Waals surface area contributed by atoms with Gasteiger partial charge < -0.3 is 14.8 Å². The van der Waals surface area contributed by atoms with Crippen molar-refractivity contribution < 1.29 is 23.9 Å². The van der Waals surface area contributed by atoms with Crippen molar-refractivity contribution in [1.82, 2.24) is 10.2 Å².